The SMILES string of the molecule is NC(=O)Cn1cc(NCc2ncc(Br)cc2Br)cn1. The van der Waals surface area contributed by atoms with Gasteiger partial charge in [0.15, 0.2) is 0 Å². The molecule has 0 aliphatic rings. The molecular formula is C11H11Br2N5O. The molecule has 0 aromatic carbocycles. The predicted molar refractivity (Wildman–Crippen MR) is 78.4 cm³/mol. The number of anilines is 1. The maximum atomic E-state index is 10.8. The molecule has 0 radical (unpaired) electrons. The maximum absolute atomic E-state index is 10.8. The van der Waals surface area contributed by atoms with Crippen molar-refractivity contribution in [3.05, 3.63) is 39.3 Å². The molecule has 100 valence electrons. The standard InChI is InChI=1S/C11H11Br2N5O/c12-7-1-9(13)10(16-2-7)4-15-8-3-17-18(5-8)6-11(14)19/h1-3,5,15H,4,6H2,(H2,14,19). The van der Waals surface area contributed by atoms with E-state index in [0.29, 0.717) is 6.54 Å². The number of aromatic nitrogens is 3. The van der Waals surface area contributed by atoms with Crippen LogP contribution in [0.3, 0.4) is 0 Å². The molecule has 0 atom stereocenters. The first kappa shape index (κ1) is 14.0. The minimum absolute atomic E-state index is 0.0713. The van der Waals surface area contributed by atoms with Crippen LogP contribution in [0.2, 0.25) is 0 Å². The molecule has 6 nitrogen and oxygen atoms in total. The number of pyridine rings is 1. The first-order valence-electron chi connectivity index (χ1n) is 5.39. The van der Waals surface area contributed by atoms with E-state index in [1.807, 2.05) is 6.07 Å². The topological polar surface area (TPSA) is 85.8 Å². The van der Waals surface area contributed by atoms with Crippen LogP contribution < -0.4 is 11.1 Å². The lowest BCUT2D eigenvalue weighted by Crippen LogP contribution is -2.18. The fourth-order valence-corrected chi connectivity index (χ4v) is 2.59. The summed E-state index contributed by atoms with van der Waals surface area (Å²) >= 11 is 6.79. The van der Waals surface area contributed by atoms with E-state index < -0.39 is 5.91 Å². The highest BCUT2D eigenvalue weighted by Gasteiger charge is 2.04. The minimum Gasteiger partial charge on any atom is -0.377 e. The van der Waals surface area contributed by atoms with Crippen molar-refractivity contribution < 1.29 is 4.79 Å². The molecule has 0 aliphatic carbocycles. The van der Waals surface area contributed by atoms with Crippen molar-refractivity contribution >= 4 is 43.5 Å². The summed E-state index contributed by atoms with van der Waals surface area (Å²) in [4.78, 5) is 15.0. The minimum atomic E-state index is -0.424. The Morgan fingerprint density at radius 3 is 2.89 bits per heavy atom. The number of nitrogens with one attached hydrogen (secondary N) is 1. The lowest BCUT2D eigenvalue weighted by Gasteiger charge is -2.05. The second-order valence-corrected chi connectivity index (χ2v) is 5.60. The van der Waals surface area contributed by atoms with Crippen LogP contribution in [0.1, 0.15) is 5.69 Å². The maximum Gasteiger partial charge on any atom is 0.239 e. The van der Waals surface area contributed by atoms with Gasteiger partial charge >= 0.3 is 0 Å². The highest BCUT2D eigenvalue weighted by molar-refractivity contribution is 9.11. The Kier molecular flexibility index (Phi) is 4.54. The van der Waals surface area contributed by atoms with Gasteiger partial charge in [0, 0.05) is 21.3 Å². The first-order chi connectivity index (χ1) is 9.04. The monoisotopic (exact) mass is 387 g/mol. The number of nitrogens with zero attached hydrogens (tertiary/aromatic N) is 3. The van der Waals surface area contributed by atoms with Crippen LogP contribution in [0.4, 0.5) is 5.69 Å². The number of nitrogens with two attached hydrogens (primary N) is 1. The largest absolute Gasteiger partial charge is 0.377 e. The molecule has 2 rings (SSSR count). The van der Waals surface area contributed by atoms with Crippen LogP contribution >= 0.6 is 31.9 Å². The average molecular weight is 389 g/mol. The molecule has 0 aliphatic heterocycles. The Balaban J connectivity index is 1.98. The highest BCUT2D eigenvalue weighted by atomic mass is 79.9. The summed E-state index contributed by atoms with van der Waals surface area (Å²) in [5.74, 6) is -0.424. The lowest BCUT2D eigenvalue weighted by atomic mass is 10.3. The molecule has 2 heterocycles. The number of hydrogen-bond acceptors (Lipinski definition) is 4. The van der Waals surface area contributed by atoms with E-state index >= 15 is 0 Å². The van der Waals surface area contributed by atoms with Crippen LogP contribution in [0.5, 0.6) is 0 Å². The summed E-state index contributed by atoms with van der Waals surface area (Å²) in [7, 11) is 0. The van der Waals surface area contributed by atoms with Gasteiger partial charge in [0.05, 0.1) is 24.1 Å². The number of primary amides is 1. The van der Waals surface area contributed by atoms with E-state index in [0.717, 1.165) is 20.3 Å². The molecule has 0 spiro atoms. The van der Waals surface area contributed by atoms with Gasteiger partial charge in [-0.3, -0.25) is 14.5 Å². The molecule has 0 saturated heterocycles. The zero-order valence-corrected chi connectivity index (χ0v) is 13.0. The molecule has 0 unspecified atom stereocenters. The van der Waals surface area contributed by atoms with Crippen molar-refractivity contribution in [2.75, 3.05) is 5.32 Å². The molecule has 0 bridgehead atoms. The van der Waals surface area contributed by atoms with Crippen LogP contribution in [-0.4, -0.2) is 20.7 Å². The fraction of sp³-hybridized carbons (Fsp3) is 0.182. The molecule has 8 heteroatoms. The third-order valence-corrected chi connectivity index (χ3v) is 3.42. The van der Waals surface area contributed by atoms with E-state index in [1.165, 1.54) is 4.68 Å². The zero-order valence-electron chi connectivity index (χ0n) is 9.81. The van der Waals surface area contributed by atoms with Crippen molar-refractivity contribution in [2.24, 2.45) is 5.73 Å². The fourth-order valence-electron chi connectivity index (χ4n) is 1.46. The van der Waals surface area contributed by atoms with Crippen molar-refractivity contribution in [3.8, 4) is 0 Å². The molecular weight excluding hydrogens is 378 g/mol. The Morgan fingerprint density at radius 1 is 1.42 bits per heavy atom. The van der Waals surface area contributed by atoms with Gasteiger partial charge in [0.2, 0.25) is 5.91 Å². The summed E-state index contributed by atoms with van der Waals surface area (Å²) in [5, 5.41) is 7.19. The second kappa shape index (κ2) is 6.16. The predicted octanol–water partition coefficient (Wildman–Crippen LogP) is 1.90. The number of carbonyl (C=O) groups excluding carboxylic acids is 1. The van der Waals surface area contributed by atoms with Crippen molar-refractivity contribution in [3.63, 3.8) is 0 Å². The van der Waals surface area contributed by atoms with Crippen molar-refractivity contribution in [1.82, 2.24) is 14.8 Å². The third kappa shape index (κ3) is 4.03. The molecule has 0 saturated carbocycles. The third-order valence-electron chi connectivity index (χ3n) is 2.30. The number of carbonyl (C=O) groups is 1. The van der Waals surface area contributed by atoms with Gasteiger partial charge in [-0.05, 0) is 37.9 Å². The van der Waals surface area contributed by atoms with E-state index in [4.69, 9.17) is 5.73 Å². The average Bonchev–Trinajstić information content (AvgIpc) is 2.74. The summed E-state index contributed by atoms with van der Waals surface area (Å²) in [6, 6.07) is 1.93. The van der Waals surface area contributed by atoms with Gasteiger partial charge < -0.3 is 11.1 Å². The summed E-state index contributed by atoms with van der Waals surface area (Å²) < 4.78 is 3.31. The lowest BCUT2D eigenvalue weighted by molar-refractivity contribution is -0.118. The second-order valence-electron chi connectivity index (χ2n) is 3.83. The molecule has 0 fully saturated rings. The van der Waals surface area contributed by atoms with Gasteiger partial charge in [0.1, 0.15) is 6.54 Å². The quantitative estimate of drug-likeness (QED) is 0.818. The van der Waals surface area contributed by atoms with E-state index in [1.54, 1.807) is 18.6 Å². The Labute approximate surface area is 126 Å². The van der Waals surface area contributed by atoms with Crippen LogP contribution in [0, 0.1) is 0 Å². The molecule has 1 amide bonds. The van der Waals surface area contributed by atoms with Gasteiger partial charge in [0.25, 0.3) is 0 Å². The zero-order chi connectivity index (χ0) is 13.8. The summed E-state index contributed by atoms with van der Waals surface area (Å²) in [6.45, 7) is 0.623. The summed E-state index contributed by atoms with van der Waals surface area (Å²) in [5.41, 5.74) is 6.78. The first-order valence-corrected chi connectivity index (χ1v) is 6.98. The Bertz CT molecular complexity index is 599. The van der Waals surface area contributed by atoms with Crippen molar-refractivity contribution in [2.45, 2.75) is 13.1 Å². The van der Waals surface area contributed by atoms with Crippen LogP contribution in [-0.2, 0) is 17.9 Å². The van der Waals surface area contributed by atoms with Gasteiger partial charge in [-0.25, -0.2) is 0 Å². The van der Waals surface area contributed by atoms with E-state index in [2.05, 4.69) is 47.3 Å². The number of amides is 1. The number of halogens is 2. The van der Waals surface area contributed by atoms with Gasteiger partial charge in [-0.15, -0.1) is 0 Å². The van der Waals surface area contributed by atoms with E-state index in [-0.39, 0.29) is 6.54 Å². The number of hydrogen-bond donors (Lipinski definition) is 2. The number of rotatable bonds is 5. The molecule has 3 N–H and O–H groups in total. The summed E-state index contributed by atoms with van der Waals surface area (Å²) in [6.07, 6.45) is 5.09. The smallest absolute Gasteiger partial charge is 0.239 e. The van der Waals surface area contributed by atoms with Crippen LogP contribution in [0.25, 0.3) is 0 Å². The van der Waals surface area contributed by atoms with Crippen molar-refractivity contribution in [1.29, 1.82) is 0 Å². The highest BCUT2D eigenvalue weighted by Crippen LogP contribution is 2.20. The van der Waals surface area contributed by atoms with Gasteiger partial charge in [-0.1, -0.05) is 0 Å². The van der Waals surface area contributed by atoms with Crippen LogP contribution in [0.15, 0.2) is 33.6 Å². The Morgan fingerprint density at radius 2 is 2.21 bits per heavy atom. The van der Waals surface area contributed by atoms with Gasteiger partial charge in [-0.2, -0.15) is 5.10 Å². The molecule has 2 aromatic rings. The molecule has 19 heavy (non-hydrogen) atoms. The Hall–Kier alpha value is -1.41. The molecule has 2 aromatic heterocycles. The normalized spacial score (nSPS) is 10.4. The van der Waals surface area contributed by atoms with E-state index in [9.17, 15) is 4.79 Å².